The number of rotatable bonds is 8. The van der Waals surface area contributed by atoms with Gasteiger partial charge in [-0.05, 0) is 37.6 Å². The average molecular weight is 286 g/mol. The normalized spacial score (nSPS) is 11.7. The predicted molar refractivity (Wildman–Crippen MR) is 76.0 cm³/mol. The van der Waals surface area contributed by atoms with Crippen molar-refractivity contribution in [1.82, 2.24) is 5.32 Å². The zero-order valence-corrected chi connectivity index (χ0v) is 12.1. The summed E-state index contributed by atoms with van der Waals surface area (Å²) in [6, 6.07) is 7.34. The van der Waals surface area contributed by atoms with Crippen molar-refractivity contribution in [3.8, 4) is 11.5 Å². The van der Waals surface area contributed by atoms with Crippen LogP contribution in [0.4, 0.5) is 0 Å². The molecular formula is C14H20ClNO3. The number of alkyl halides is 1. The van der Waals surface area contributed by atoms with Crippen molar-refractivity contribution >= 4 is 17.5 Å². The highest BCUT2D eigenvalue weighted by molar-refractivity contribution is 6.17. The van der Waals surface area contributed by atoms with E-state index in [1.54, 1.807) is 7.11 Å². The van der Waals surface area contributed by atoms with E-state index in [4.69, 9.17) is 21.1 Å². The van der Waals surface area contributed by atoms with E-state index < -0.39 is 0 Å². The predicted octanol–water partition coefficient (Wildman–Crippen LogP) is 2.60. The summed E-state index contributed by atoms with van der Waals surface area (Å²) >= 11 is 5.53. The van der Waals surface area contributed by atoms with Crippen LogP contribution in [0, 0.1) is 0 Å². The second kappa shape index (κ2) is 8.64. The Morgan fingerprint density at radius 2 is 1.95 bits per heavy atom. The number of ether oxygens (including phenoxy) is 2. The minimum atomic E-state index is -0.0895. The third kappa shape index (κ3) is 6.34. The molecule has 0 radical (unpaired) electrons. The molecule has 1 atom stereocenters. The van der Waals surface area contributed by atoms with Crippen LogP contribution in [0.1, 0.15) is 19.8 Å². The first-order valence-corrected chi connectivity index (χ1v) is 6.82. The average Bonchev–Trinajstić information content (AvgIpc) is 2.43. The van der Waals surface area contributed by atoms with Gasteiger partial charge in [-0.3, -0.25) is 4.79 Å². The number of hydrogen-bond donors (Lipinski definition) is 1. The zero-order chi connectivity index (χ0) is 14.1. The van der Waals surface area contributed by atoms with Crippen LogP contribution in [-0.2, 0) is 4.79 Å². The van der Waals surface area contributed by atoms with Gasteiger partial charge in [0.25, 0.3) is 0 Å². The Morgan fingerprint density at radius 3 is 2.53 bits per heavy atom. The van der Waals surface area contributed by atoms with Gasteiger partial charge in [0.2, 0.25) is 5.91 Å². The van der Waals surface area contributed by atoms with Crippen LogP contribution in [0.3, 0.4) is 0 Å². The van der Waals surface area contributed by atoms with Crippen molar-refractivity contribution in [2.45, 2.75) is 25.9 Å². The van der Waals surface area contributed by atoms with Crippen LogP contribution >= 0.6 is 11.6 Å². The standard InChI is InChI=1S/C14H20ClNO3/c1-11(10-16-14(17)4-3-9-15)19-13-7-5-12(18-2)6-8-13/h5-8,11H,3-4,9-10H2,1-2H3,(H,16,17). The molecule has 4 nitrogen and oxygen atoms in total. The van der Waals surface area contributed by atoms with Crippen molar-refractivity contribution in [3.63, 3.8) is 0 Å². The summed E-state index contributed by atoms with van der Waals surface area (Å²) in [5.41, 5.74) is 0. The Bertz CT molecular complexity index is 381. The molecule has 0 spiro atoms. The molecule has 1 rings (SSSR count). The summed E-state index contributed by atoms with van der Waals surface area (Å²) < 4.78 is 10.7. The maximum absolute atomic E-state index is 11.4. The van der Waals surface area contributed by atoms with Gasteiger partial charge in [0.15, 0.2) is 0 Å². The molecule has 5 heteroatoms. The maximum atomic E-state index is 11.4. The quantitative estimate of drug-likeness (QED) is 0.747. The van der Waals surface area contributed by atoms with E-state index in [1.807, 2.05) is 31.2 Å². The molecule has 1 aromatic rings. The van der Waals surface area contributed by atoms with Crippen molar-refractivity contribution in [1.29, 1.82) is 0 Å². The minimum absolute atomic E-state index is 0.00540. The maximum Gasteiger partial charge on any atom is 0.220 e. The first kappa shape index (κ1) is 15.6. The molecule has 1 aromatic carbocycles. The zero-order valence-electron chi connectivity index (χ0n) is 11.3. The lowest BCUT2D eigenvalue weighted by Gasteiger charge is -2.15. The Labute approximate surface area is 119 Å². The summed E-state index contributed by atoms with van der Waals surface area (Å²) in [4.78, 5) is 11.4. The fourth-order valence-corrected chi connectivity index (χ4v) is 1.64. The number of benzene rings is 1. The number of nitrogens with one attached hydrogen (secondary N) is 1. The SMILES string of the molecule is COc1ccc(OC(C)CNC(=O)CCCCl)cc1. The summed E-state index contributed by atoms with van der Waals surface area (Å²) in [5, 5.41) is 2.81. The van der Waals surface area contributed by atoms with Crippen LogP contribution in [-0.4, -0.2) is 31.5 Å². The molecule has 0 saturated heterocycles. The van der Waals surface area contributed by atoms with E-state index in [9.17, 15) is 4.79 Å². The van der Waals surface area contributed by atoms with Crippen LogP contribution < -0.4 is 14.8 Å². The van der Waals surface area contributed by atoms with E-state index in [2.05, 4.69) is 5.32 Å². The van der Waals surface area contributed by atoms with Crippen LogP contribution in [0.5, 0.6) is 11.5 Å². The third-order valence-electron chi connectivity index (χ3n) is 2.52. The molecule has 0 saturated carbocycles. The van der Waals surface area contributed by atoms with Crippen LogP contribution in [0.2, 0.25) is 0 Å². The van der Waals surface area contributed by atoms with E-state index in [-0.39, 0.29) is 12.0 Å². The highest BCUT2D eigenvalue weighted by atomic mass is 35.5. The third-order valence-corrected chi connectivity index (χ3v) is 2.79. The molecule has 0 heterocycles. The van der Waals surface area contributed by atoms with Gasteiger partial charge >= 0.3 is 0 Å². The number of hydrogen-bond acceptors (Lipinski definition) is 3. The Hall–Kier alpha value is -1.42. The number of carbonyl (C=O) groups is 1. The van der Waals surface area contributed by atoms with Crippen LogP contribution in [0.25, 0.3) is 0 Å². The van der Waals surface area contributed by atoms with Gasteiger partial charge in [-0.25, -0.2) is 0 Å². The fourth-order valence-electron chi connectivity index (χ4n) is 1.50. The Balaban J connectivity index is 2.29. The lowest BCUT2D eigenvalue weighted by Crippen LogP contribution is -2.33. The summed E-state index contributed by atoms with van der Waals surface area (Å²) in [7, 11) is 1.62. The lowest BCUT2D eigenvalue weighted by atomic mass is 10.3. The van der Waals surface area contributed by atoms with Gasteiger partial charge in [-0.1, -0.05) is 0 Å². The van der Waals surface area contributed by atoms with Gasteiger partial charge in [-0.2, -0.15) is 0 Å². The first-order chi connectivity index (χ1) is 9.15. The first-order valence-electron chi connectivity index (χ1n) is 6.29. The molecule has 0 aliphatic carbocycles. The largest absolute Gasteiger partial charge is 0.497 e. The molecule has 1 N–H and O–H groups in total. The second-order valence-electron chi connectivity index (χ2n) is 4.20. The molecule has 1 unspecified atom stereocenters. The molecule has 0 aliphatic rings. The Kier molecular flexibility index (Phi) is 7.11. The van der Waals surface area contributed by atoms with E-state index in [1.165, 1.54) is 0 Å². The summed E-state index contributed by atoms with van der Waals surface area (Å²) in [5.74, 6) is 2.05. The lowest BCUT2D eigenvalue weighted by molar-refractivity contribution is -0.121. The topological polar surface area (TPSA) is 47.6 Å². The number of methoxy groups -OCH3 is 1. The smallest absolute Gasteiger partial charge is 0.220 e. The summed E-state index contributed by atoms with van der Waals surface area (Å²) in [6.45, 7) is 2.39. The monoisotopic (exact) mass is 285 g/mol. The number of halogens is 1. The van der Waals surface area contributed by atoms with Gasteiger partial charge in [0.1, 0.15) is 17.6 Å². The minimum Gasteiger partial charge on any atom is -0.497 e. The molecule has 0 fully saturated rings. The molecular weight excluding hydrogens is 266 g/mol. The van der Waals surface area contributed by atoms with Crippen LogP contribution in [0.15, 0.2) is 24.3 Å². The number of amides is 1. The second-order valence-corrected chi connectivity index (χ2v) is 4.58. The van der Waals surface area contributed by atoms with E-state index >= 15 is 0 Å². The van der Waals surface area contributed by atoms with Gasteiger partial charge in [0, 0.05) is 12.3 Å². The number of carbonyl (C=O) groups excluding carboxylic acids is 1. The van der Waals surface area contributed by atoms with Gasteiger partial charge in [0.05, 0.1) is 13.7 Å². The molecule has 0 aliphatic heterocycles. The van der Waals surface area contributed by atoms with E-state index in [0.717, 1.165) is 11.5 Å². The van der Waals surface area contributed by atoms with Crippen molar-refractivity contribution < 1.29 is 14.3 Å². The van der Waals surface area contributed by atoms with Crippen molar-refractivity contribution in [2.75, 3.05) is 19.5 Å². The highest BCUT2D eigenvalue weighted by Crippen LogP contribution is 2.17. The van der Waals surface area contributed by atoms with E-state index in [0.29, 0.717) is 25.3 Å². The summed E-state index contributed by atoms with van der Waals surface area (Å²) in [6.07, 6.45) is 1.06. The van der Waals surface area contributed by atoms with Gasteiger partial charge < -0.3 is 14.8 Å². The van der Waals surface area contributed by atoms with Gasteiger partial charge in [-0.15, -0.1) is 11.6 Å². The fraction of sp³-hybridized carbons (Fsp3) is 0.500. The molecule has 0 bridgehead atoms. The highest BCUT2D eigenvalue weighted by Gasteiger charge is 2.07. The molecule has 19 heavy (non-hydrogen) atoms. The molecule has 0 aromatic heterocycles. The van der Waals surface area contributed by atoms with Crippen molar-refractivity contribution in [2.24, 2.45) is 0 Å². The van der Waals surface area contributed by atoms with Crippen molar-refractivity contribution in [3.05, 3.63) is 24.3 Å². The molecule has 1 amide bonds. The molecule has 106 valence electrons. The Morgan fingerprint density at radius 1 is 1.32 bits per heavy atom.